The molecule has 0 spiro atoms. The summed E-state index contributed by atoms with van der Waals surface area (Å²) < 4.78 is 25.1. The van der Waals surface area contributed by atoms with E-state index in [9.17, 15) is 8.42 Å². The predicted octanol–water partition coefficient (Wildman–Crippen LogP) is 2.90. The molecule has 5 nitrogen and oxygen atoms in total. The number of sulfone groups is 1. The summed E-state index contributed by atoms with van der Waals surface area (Å²) in [6.45, 7) is 5.32. The fraction of sp³-hybridized carbons (Fsp3) is 0.562. The van der Waals surface area contributed by atoms with Crippen molar-refractivity contribution in [2.45, 2.75) is 49.7 Å². The average Bonchev–Trinajstić information content (AvgIpc) is 2.75. The monoisotopic (exact) mass is 355 g/mol. The molecule has 23 heavy (non-hydrogen) atoms. The SMILES string of the molecule is CC(C)S(=O)(=O)c1ccc(N2CCCCCC2)cc1NC(N)=S. The quantitative estimate of drug-likeness (QED) is 0.809. The lowest BCUT2D eigenvalue weighted by atomic mass is 10.2. The van der Waals surface area contributed by atoms with Crippen molar-refractivity contribution >= 4 is 38.5 Å². The van der Waals surface area contributed by atoms with Crippen LogP contribution < -0.4 is 16.0 Å². The first-order valence-electron chi connectivity index (χ1n) is 8.01. The molecule has 0 saturated carbocycles. The standard InChI is InChI=1S/C16H25N3O2S2/c1-12(2)23(20,21)15-8-7-13(11-14(15)18-16(17)22)19-9-5-3-4-6-10-19/h7-8,11-12H,3-6,9-10H2,1-2H3,(H3,17,18,22). The Hall–Kier alpha value is -1.34. The van der Waals surface area contributed by atoms with Crippen molar-refractivity contribution < 1.29 is 8.42 Å². The number of thiocarbonyl (C=S) groups is 1. The predicted molar refractivity (Wildman–Crippen MR) is 99.9 cm³/mol. The van der Waals surface area contributed by atoms with Gasteiger partial charge in [-0.2, -0.15) is 0 Å². The van der Waals surface area contributed by atoms with E-state index in [4.69, 9.17) is 18.0 Å². The molecule has 1 heterocycles. The van der Waals surface area contributed by atoms with E-state index in [1.54, 1.807) is 19.9 Å². The van der Waals surface area contributed by atoms with E-state index in [0.717, 1.165) is 31.6 Å². The van der Waals surface area contributed by atoms with Gasteiger partial charge < -0.3 is 16.0 Å². The molecule has 3 N–H and O–H groups in total. The average molecular weight is 356 g/mol. The summed E-state index contributed by atoms with van der Waals surface area (Å²) in [5.74, 6) is 0. The molecule has 1 fully saturated rings. The van der Waals surface area contributed by atoms with Crippen LogP contribution in [-0.2, 0) is 9.84 Å². The highest BCUT2D eigenvalue weighted by Gasteiger charge is 2.24. The third kappa shape index (κ3) is 4.35. The summed E-state index contributed by atoms with van der Waals surface area (Å²) in [6, 6.07) is 5.39. The van der Waals surface area contributed by atoms with Crippen molar-refractivity contribution in [1.29, 1.82) is 0 Å². The molecule has 2 rings (SSSR count). The van der Waals surface area contributed by atoms with Crippen LogP contribution in [0, 0.1) is 0 Å². The van der Waals surface area contributed by atoms with Crippen molar-refractivity contribution in [2.24, 2.45) is 5.73 Å². The maximum absolute atomic E-state index is 12.5. The van der Waals surface area contributed by atoms with Crippen LogP contribution in [0.3, 0.4) is 0 Å². The minimum Gasteiger partial charge on any atom is -0.376 e. The van der Waals surface area contributed by atoms with Crippen LogP contribution in [0.4, 0.5) is 11.4 Å². The zero-order chi connectivity index (χ0) is 17.0. The first kappa shape index (κ1) is 18.0. The molecule has 1 saturated heterocycles. The number of hydrogen-bond donors (Lipinski definition) is 2. The second-order valence-electron chi connectivity index (χ2n) is 6.16. The lowest BCUT2D eigenvalue weighted by Crippen LogP contribution is -2.26. The van der Waals surface area contributed by atoms with Gasteiger partial charge in [0.05, 0.1) is 15.8 Å². The van der Waals surface area contributed by atoms with Crippen molar-refractivity contribution in [1.82, 2.24) is 0 Å². The molecule has 1 aromatic carbocycles. The Labute approximate surface area is 144 Å². The maximum Gasteiger partial charge on any atom is 0.182 e. The fourth-order valence-corrected chi connectivity index (χ4v) is 4.07. The van der Waals surface area contributed by atoms with Gasteiger partial charge in [0.15, 0.2) is 14.9 Å². The van der Waals surface area contributed by atoms with Crippen molar-refractivity contribution in [2.75, 3.05) is 23.3 Å². The van der Waals surface area contributed by atoms with Gasteiger partial charge in [-0.3, -0.25) is 0 Å². The first-order chi connectivity index (χ1) is 10.8. The van der Waals surface area contributed by atoms with Gasteiger partial charge in [-0.05, 0) is 57.1 Å². The molecular formula is C16H25N3O2S2. The lowest BCUT2D eigenvalue weighted by molar-refractivity contribution is 0.588. The highest BCUT2D eigenvalue weighted by Crippen LogP contribution is 2.30. The largest absolute Gasteiger partial charge is 0.376 e. The third-order valence-electron chi connectivity index (χ3n) is 4.12. The Balaban J connectivity index is 2.43. The van der Waals surface area contributed by atoms with Gasteiger partial charge in [0.1, 0.15) is 0 Å². The van der Waals surface area contributed by atoms with E-state index < -0.39 is 15.1 Å². The second-order valence-corrected chi connectivity index (χ2v) is 9.08. The van der Waals surface area contributed by atoms with E-state index in [1.165, 1.54) is 12.8 Å². The molecule has 0 atom stereocenters. The minimum atomic E-state index is -3.40. The van der Waals surface area contributed by atoms with Crippen molar-refractivity contribution in [3.8, 4) is 0 Å². The normalized spacial score (nSPS) is 16.2. The van der Waals surface area contributed by atoms with Crippen LogP contribution in [0.5, 0.6) is 0 Å². The zero-order valence-corrected chi connectivity index (χ0v) is 15.3. The molecule has 1 aromatic rings. The summed E-state index contributed by atoms with van der Waals surface area (Å²) in [5, 5.41) is 2.40. The molecule has 1 aliphatic heterocycles. The lowest BCUT2D eigenvalue weighted by Gasteiger charge is -2.24. The summed E-state index contributed by atoms with van der Waals surface area (Å²) in [7, 11) is -3.40. The first-order valence-corrected chi connectivity index (χ1v) is 9.97. The van der Waals surface area contributed by atoms with Gasteiger partial charge in [-0.1, -0.05) is 12.8 Å². The molecule has 0 bridgehead atoms. The number of hydrogen-bond acceptors (Lipinski definition) is 4. The van der Waals surface area contributed by atoms with Crippen molar-refractivity contribution in [3.63, 3.8) is 0 Å². The smallest absolute Gasteiger partial charge is 0.182 e. The van der Waals surface area contributed by atoms with Crippen LogP contribution >= 0.6 is 12.2 Å². The number of anilines is 2. The van der Waals surface area contributed by atoms with Gasteiger partial charge in [-0.25, -0.2) is 8.42 Å². The Morgan fingerprint density at radius 3 is 2.35 bits per heavy atom. The number of nitrogens with one attached hydrogen (secondary N) is 1. The molecular weight excluding hydrogens is 330 g/mol. The van der Waals surface area contributed by atoms with Crippen LogP contribution in [-0.4, -0.2) is 31.9 Å². The minimum absolute atomic E-state index is 0.0678. The zero-order valence-electron chi connectivity index (χ0n) is 13.7. The number of nitrogens with zero attached hydrogens (tertiary/aromatic N) is 1. The van der Waals surface area contributed by atoms with E-state index in [-0.39, 0.29) is 10.0 Å². The molecule has 0 aliphatic carbocycles. The van der Waals surface area contributed by atoms with Crippen LogP contribution in [0.1, 0.15) is 39.5 Å². The Kier molecular flexibility index (Phi) is 5.86. The Bertz CT molecular complexity index is 664. The van der Waals surface area contributed by atoms with E-state index in [2.05, 4.69) is 10.2 Å². The summed E-state index contributed by atoms with van der Waals surface area (Å²) in [6.07, 6.45) is 4.80. The van der Waals surface area contributed by atoms with Gasteiger partial charge in [0.25, 0.3) is 0 Å². The molecule has 128 valence electrons. The number of rotatable bonds is 4. The second kappa shape index (κ2) is 7.49. The van der Waals surface area contributed by atoms with Crippen LogP contribution in [0.2, 0.25) is 0 Å². The topological polar surface area (TPSA) is 75.4 Å². The summed E-state index contributed by atoms with van der Waals surface area (Å²) in [5.41, 5.74) is 7.05. The van der Waals surface area contributed by atoms with E-state index in [0.29, 0.717) is 5.69 Å². The highest BCUT2D eigenvalue weighted by atomic mass is 32.2. The van der Waals surface area contributed by atoms with Crippen LogP contribution in [0.15, 0.2) is 23.1 Å². The maximum atomic E-state index is 12.5. The van der Waals surface area contributed by atoms with Crippen LogP contribution in [0.25, 0.3) is 0 Å². The van der Waals surface area contributed by atoms with Crippen molar-refractivity contribution in [3.05, 3.63) is 18.2 Å². The number of benzene rings is 1. The van der Waals surface area contributed by atoms with Gasteiger partial charge in [-0.15, -0.1) is 0 Å². The molecule has 0 aromatic heterocycles. The van der Waals surface area contributed by atoms with Gasteiger partial charge in [0, 0.05) is 18.8 Å². The summed E-state index contributed by atoms with van der Waals surface area (Å²) >= 11 is 4.91. The highest BCUT2D eigenvalue weighted by molar-refractivity contribution is 7.92. The molecule has 0 amide bonds. The molecule has 7 heteroatoms. The Morgan fingerprint density at radius 2 is 1.83 bits per heavy atom. The van der Waals surface area contributed by atoms with E-state index in [1.807, 2.05) is 12.1 Å². The van der Waals surface area contributed by atoms with Gasteiger partial charge >= 0.3 is 0 Å². The fourth-order valence-electron chi connectivity index (χ4n) is 2.78. The van der Waals surface area contributed by atoms with E-state index >= 15 is 0 Å². The molecule has 0 radical (unpaired) electrons. The number of nitrogens with two attached hydrogens (primary N) is 1. The molecule has 1 aliphatic rings. The Morgan fingerprint density at radius 1 is 1.22 bits per heavy atom. The molecule has 0 unspecified atom stereocenters. The van der Waals surface area contributed by atoms with Gasteiger partial charge in [0.2, 0.25) is 0 Å². The summed E-state index contributed by atoms with van der Waals surface area (Å²) in [4.78, 5) is 2.54. The third-order valence-corrected chi connectivity index (χ3v) is 6.43.